The maximum Gasteiger partial charge on any atom is 0.170 e. The Kier molecular flexibility index (Phi) is 4.16. The van der Waals surface area contributed by atoms with Gasteiger partial charge in [-0.1, -0.05) is 0 Å². The highest BCUT2D eigenvalue weighted by atomic mass is 79.9. The van der Waals surface area contributed by atoms with Gasteiger partial charge in [0.25, 0.3) is 0 Å². The Morgan fingerprint density at radius 2 is 1.68 bits per heavy atom. The molecule has 2 aromatic rings. The quantitative estimate of drug-likeness (QED) is 0.640. The average Bonchev–Trinajstić information content (AvgIpc) is 2.42. The molecule has 5 heteroatoms. The van der Waals surface area contributed by atoms with Crippen LogP contribution >= 0.6 is 15.9 Å². The fourth-order valence-corrected chi connectivity index (χ4v) is 1.94. The normalized spacial score (nSPS) is 10.2. The van der Waals surface area contributed by atoms with Gasteiger partial charge in [-0.2, -0.15) is 0 Å². The molecule has 96 valence electrons. The summed E-state index contributed by atoms with van der Waals surface area (Å²) in [5.74, 6) is -1.08. The summed E-state index contributed by atoms with van der Waals surface area (Å²) in [5.41, 5.74) is 0.736. The topological polar surface area (TPSA) is 47.0 Å². The molecule has 0 aliphatic carbocycles. The molecule has 0 fully saturated rings. The van der Waals surface area contributed by atoms with Crippen molar-refractivity contribution in [1.82, 2.24) is 4.98 Å². The highest BCUT2D eigenvalue weighted by Gasteiger charge is 2.14. The van der Waals surface area contributed by atoms with Crippen molar-refractivity contribution in [3.05, 3.63) is 64.1 Å². The number of rotatable bonds is 4. The molecule has 0 N–H and O–H groups in total. The third-order valence-corrected chi connectivity index (χ3v) is 3.17. The van der Waals surface area contributed by atoms with E-state index in [1.54, 1.807) is 12.1 Å². The van der Waals surface area contributed by atoms with E-state index in [0.29, 0.717) is 11.1 Å². The fraction of sp³-hybridized carbons (Fsp3) is 0.0714. The molecule has 1 aromatic heterocycles. The molecular formula is C14H9BrFNO2. The van der Waals surface area contributed by atoms with E-state index in [4.69, 9.17) is 0 Å². The standard InChI is InChI=1S/C14H9BrFNO2/c15-11-7-10(1-2-12(11)16)14(19)8-13(18)9-3-5-17-6-4-9/h1-7H,8H2. The number of carbonyl (C=O) groups excluding carboxylic acids is 2. The zero-order chi connectivity index (χ0) is 13.8. The number of aromatic nitrogens is 1. The van der Waals surface area contributed by atoms with Crippen molar-refractivity contribution < 1.29 is 14.0 Å². The number of carbonyl (C=O) groups is 2. The maximum absolute atomic E-state index is 13.1. The van der Waals surface area contributed by atoms with Crippen molar-refractivity contribution in [2.45, 2.75) is 6.42 Å². The van der Waals surface area contributed by atoms with Gasteiger partial charge < -0.3 is 0 Å². The van der Waals surface area contributed by atoms with Crippen LogP contribution in [0.1, 0.15) is 27.1 Å². The van der Waals surface area contributed by atoms with Crippen LogP contribution in [-0.4, -0.2) is 16.6 Å². The lowest BCUT2D eigenvalue weighted by molar-refractivity contribution is 0.0894. The lowest BCUT2D eigenvalue weighted by Crippen LogP contribution is -2.08. The molecule has 3 nitrogen and oxygen atoms in total. The van der Waals surface area contributed by atoms with E-state index in [9.17, 15) is 14.0 Å². The monoisotopic (exact) mass is 321 g/mol. The van der Waals surface area contributed by atoms with Crippen LogP contribution in [-0.2, 0) is 0 Å². The molecule has 0 saturated heterocycles. The summed E-state index contributed by atoms with van der Waals surface area (Å²) in [6.45, 7) is 0. The summed E-state index contributed by atoms with van der Waals surface area (Å²) < 4.78 is 13.3. The predicted octanol–water partition coefficient (Wildman–Crippen LogP) is 3.44. The molecule has 0 saturated carbocycles. The van der Waals surface area contributed by atoms with Crippen molar-refractivity contribution in [3.63, 3.8) is 0 Å². The SMILES string of the molecule is O=C(CC(=O)c1ccc(F)c(Br)c1)c1ccncc1. The first kappa shape index (κ1) is 13.5. The molecule has 0 aliphatic rings. The number of benzene rings is 1. The van der Waals surface area contributed by atoms with E-state index in [-0.39, 0.29) is 22.5 Å². The summed E-state index contributed by atoms with van der Waals surface area (Å²) in [4.78, 5) is 27.6. The van der Waals surface area contributed by atoms with Crippen LogP contribution in [0.2, 0.25) is 0 Å². The molecule has 0 atom stereocenters. The molecule has 0 aliphatic heterocycles. The average molecular weight is 322 g/mol. The van der Waals surface area contributed by atoms with E-state index >= 15 is 0 Å². The first-order valence-electron chi connectivity index (χ1n) is 5.49. The van der Waals surface area contributed by atoms with Gasteiger partial charge >= 0.3 is 0 Å². The van der Waals surface area contributed by atoms with Crippen LogP contribution < -0.4 is 0 Å². The Hall–Kier alpha value is -1.88. The highest BCUT2D eigenvalue weighted by Crippen LogP contribution is 2.18. The first-order chi connectivity index (χ1) is 9.08. The number of hydrogen-bond donors (Lipinski definition) is 0. The van der Waals surface area contributed by atoms with Crippen molar-refractivity contribution in [1.29, 1.82) is 0 Å². The highest BCUT2D eigenvalue weighted by molar-refractivity contribution is 9.10. The van der Waals surface area contributed by atoms with Gasteiger partial charge in [-0.15, -0.1) is 0 Å². The number of Topliss-reactive ketones (excluding diaryl/α,β-unsaturated/α-hetero) is 2. The van der Waals surface area contributed by atoms with Crippen LogP contribution in [0.15, 0.2) is 47.2 Å². The molecule has 2 rings (SSSR count). The van der Waals surface area contributed by atoms with Crippen LogP contribution in [0.3, 0.4) is 0 Å². The van der Waals surface area contributed by atoms with Gasteiger partial charge in [0.1, 0.15) is 5.82 Å². The van der Waals surface area contributed by atoms with Crippen LogP contribution in [0.4, 0.5) is 4.39 Å². The summed E-state index contributed by atoms with van der Waals surface area (Å²) in [7, 11) is 0. The summed E-state index contributed by atoms with van der Waals surface area (Å²) >= 11 is 3.01. The lowest BCUT2D eigenvalue weighted by atomic mass is 10.0. The van der Waals surface area contributed by atoms with Gasteiger partial charge in [0.15, 0.2) is 11.6 Å². The largest absolute Gasteiger partial charge is 0.294 e. The molecular weight excluding hydrogens is 313 g/mol. The molecule has 0 unspecified atom stereocenters. The zero-order valence-corrected chi connectivity index (χ0v) is 11.4. The van der Waals surface area contributed by atoms with E-state index in [2.05, 4.69) is 20.9 Å². The van der Waals surface area contributed by atoms with E-state index in [0.717, 1.165) is 0 Å². The molecule has 0 bridgehead atoms. The summed E-state index contributed by atoms with van der Waals surface area (Å²) in [6.07, 6.45) is 2.74. The van der Waals surface area contributed by atoms with Crippen LogP contribution in [0, 0.1) is 5.82 Å². The van der Waals surface area contributed by atoms with Gasteiger partial charge in [0.05, 0.1) is 10.9 Å². The predicted molar refractivity (Wildman–Crippen MR) is 71.6 cm³/mol. The second kappa shape index (κ2) is 5.84. The Bertz CT molecular complexity index is 629. The van der Waals surface area contributed by atoms with E-state index in [1.807, 2.05) is 0 Å². The minimum atomic E-state index is -0.447. The Labute approximate surface area is 117 Å². The first-order valence-corrected chi connectivity index (χ1v) is 6.28. The molecule has 0 radical (unpaired) electrons. The van der Waals surface area contributed by atoms with Crippen molar-refractivity contribution >= 4 is 27.5 Å². The van der Waals surface area contributed by atoms with Crippen LogP contribution in [0.5, 0.6) is 0 Å². The number of nitrogens with zero attached hydrogens (tertiary/aromatic N) is 1. The van der Waals surface area contributed by atoms with Gasteiger partial charge in [-0.05, 0) is 46.3 Å². The second-order valence-corrected chi connectivity index (χ2v) is 4.74. The van der Waals surface area contributed by atoms with Gasteiger partial charge in [-0.25, -0.2) is 4.39 Å². The third kappa shape index (κ3) is 3.32. The fourth-order valence-electron chi connectivity index (χ4n) is 1.56. The number of ketones is 2. The Morgan fingerprint density at radius 3 is 2.32 bits per heavy atom. The van der Waals surface area contributed by atoms with Crippen molar-refractivity contribution in [2.75, 3.05) is 0 Å². The maximum atomic E-state index is 13.1. The van der Waals surface area contributed by atoms with E-state index in [1.165, 1.54) is 30.6 Å². The zero-order valence-electron chi connectivity index (χ0n) is 9.77. The molecule has 0 amide bonds. The van der Waals surface area contributed by atoms with Gasteiger partial charge in [0, 0.05) is 23.5 Å². The number of halogens is 2. The molecule has 1 aromatic carbocycles. The Morgan fingerprint density at radius 1 is 1.05 bits per heavy atom. The van der Waals surface area contributed by atoms with Crippen LogP contribution in [0.25, 0.3) is 0 Å². The molecule has 1 heterocycles. The second-order valence-electron chi connectivity index (χ2n) is 3.89. The van der Waals surface area contributed by atoms with Crippen molar-refractivity contribution in [2.24, 2.45) is 0 Å². The van der Waals surface area contributed by atoms with Gasteiger partial charge in [0.2, 0.25) is 0 Å². The van der Waals surface area contributed by atoms with Gasteiger partial charge in [-0.3, -0.25) is 14.6 Å². The summed E-state index contributed by atoms with van der Waals surface area (Å²) in [5, 5.41) is 0. The molecule has 19 heavy (non-hydrogen) atoms. The summed E-state index contributed by atoms with van der Waals surface area (Å²) in [6, 6.07) is 7.03. The molecule has 0 spiro atoms. The van der Waals surface area contributed by atoms with Crippen molar-refractivity contribution in [3.8, 4) is 0 Å². The smallest absolute Gasteiger partial charge is 0.170 e. The number of pyridine rings is 1. The minimum Gasteiger partial charge on any atom is -0.294 e. The minimum absolute atomic E-state index is 0.203. The van der Waals surface area contributed by atoms with E-state index < -0.39 is 5.82 Å². The number of hydrogen-bond acceptors (Lipinski definition) is 3. The third-order valence-electron chi connectivity index (χ3n) is 2.56. The Balaban J connectivity index is 2.13. The lowest BCUT2D eigenvalue weighted by Gasteiger charge is -2.02.